The number of carbonyl (C=O) groups excluding carboxylic acids is 1. The van der Waals surface area contributed by atoms with Crippen LogP contribution in [0.5, 0.6) is 17.2 Å². The molecular weight excluding hydrogens is 400 g/mol. The van der Waals surface area contributed by atoms with Gasteiger partial charge in [0.25, 0.3) is 5.91 Å². The fourth-order valence-electron chi connectivity index (χ4n) is 3.13. The first kappa shape index (κ1) is 21.9. The summed E-state index contributed by atoms with van der Waals surface area (Å²) in [5.74, 6) is 1.41. The topological polar surface area (TPSA) is 60.9 Å². The fraction of sp³-hybridized carbons (Fsp3) is 0.391. The number of nitrogens with zero attached hydrogens (tertiary/aromatic N) is 2. The van der Waals surface area contributed by atoms with Crippen LogP contribution in [0.25, 0.3) is 10.2 Å². The van der Waals surface area contributed by atoms with Crippen LogP contribution in [0.15, 0.2) is 36.4 Å². The van der Waals surface area contributed by atoms with E-state index in [4.69, 9.17) is 19.2 Å². The summed E-state index contributed by atoms with van der Waals surface area (Å²) in [6.07, 6.45) is 0. The highest BCUT2D eigenvalue weighted by Crippen LogP contribution is 2.40. The molecule has 1 amide bonds. The van der Waals surface area contributed by atoms with Crippen LogP contribution < -0.4 is 14.2 Å². The van der Waals surface area contributed by atoms with Crippen molar-refractivity contribution in [1.29, 1.82) is 0 Å². The Morgan fingerprint density at radius 3 is 2.20 bits per heavy atom. The van der Waals surface area contributed by atoms with E-state index in [1.54, 1.807) is 35.4 Å². The number of aromatic nitrogens is 1. The molecule has 0 unspecified atom stereocenters. The summed E-state index contributed by atoms with van der Waals surface area (Å²) >= 11 is 1.60. The van der Waals surface area contributed by atoms with Crippen LogP contribution in [0.1, 0.15) is 49.1 Å². The van der Waals surface area contributed by atoms with Crippen molar-refractivity contribution in [2.75, 3.05) is 26.9 Å². The minimum absolute atomic E-state index is 0.133. The van der Waals surface area contributed by atoms with Crippen LogP contribution in [0.2, 0.25) is 0 Å². The molecule has 0 saturated heterocycles. The Kier molecular flexibility index (Phi) is 7.15. The SMILES string of the molecule is CCOc1cc(C(=O)N(C)[C@@H](C)c2nc3ccccc3s2)cc(OCC)c1OCC. The quantitative estimate of drug-likeness (QED) is 0.461. The second-order valence-corrected chi connectivity index (χ2v) is 7.77. The van der Waals surface area contributed by atoms with Crippen molar-refractivity contribution < 1.29 is 19.0 Å². The van der Waals surface area contributed by atoms with Gasteiger partial charge in [0.05, 0.1) is 36.1 Å². The average Bonchev–Trinajstić information content (AvgIpc) is 3.19. The molecule has 3 rings (SSSR count). The van der Waals surface area contributed by atoms with Gasteiger partial charge >= 0.3 is 0 Å². The lowest BCUT2D eigenvalue weighted by atomic mass is 10.1. The minimum Gasteiger partial charge on any atom is -0.490 e. The van der Waals surface area contributed by atoms with Gasteiger partial charge in [-0.05, 0) is 52.0 Å². The smallest absolute Gasteiger partial charge is 0.254 e. The van der Waals surface area contributed by atoms with Gasteiger partial charge in [-0.15, -0.1) is 11.3 Å². The van der Waals surface area contributed by atoms with Gasteiger partial charge in [0.2, 0.25) is 5.75 Å². The van der Waals surface area contributed by atoms with E-state index in [1.165, 1.54) is 0 Å². The Hall–Kier alpha value is -2.80. The van der Waals surface area contributed by atoms with E-state index in [-0.39, 0.29) is 11.9 Å². The number of para-hydroxylation sites is 1. The third kappa shape index (κ3) is 4.51. The van der Waals surface area contributed by atoms with Crippen molar-refractivity contribution in [1.82, 2.24) is 9.88 Å². The van der Waals surface area contributed by atoms with Crippen molar-refractivity contribution >= 4 is 27.5 Å². The maximum Gasteiger partial charge on any atom is 0.254 e. The number of hydrogen-bond acceptors (Lipinski definition) is 6. The summed E-state index contributed by atoms with van der Waals surface area (Å²) in [4.78, 5) is 19.7. The molecule has 0 aliphatic rings. The highest BCUT2D eigenvalue weighted by atomic mass is 32.1. The van der Waals surface area contributed by atoms with E-state index in [1.807, 2.05) is 52.0 Å². The Labute approximate surface area is 181 Å². The maximum atomic E-state index is 13.3. The van der Waals surface area contributed by atoms with Crippen LogP contribution >= 0.6 is 11.3 Å². The molecule has 1 atom stereocenters. The van der Waals surface area contributed by atoms with Crippen molar-refractivity contribution in [3.63, 3.8) is 0 Å². The molecule has 0 spiro atoms. The molecule has 30 heavy (non-hydrogen) atoms. The normalized spacial score (nSPS) is 11.9. The van der Waals surface area contributed by atoms with Gasteiger partial charge in [-0.1, -0.05) is 12.1 Å². The summed E-state index contributed by atoms with van der Waals surface area (Å²) in [5.41, 5.74) is 1.43. The Morgan fingerprint density at radius 2 is 1.63 bits per heavy atom. The van der Waals surface area contributed by atoms with Gasteiger partial charge < -0.3 is 19.1 Å². The molecule has 0 aliphatic carbocycles. The fourth-order valence-corrected chi connectivity index (χ4v) is 4.19. The van der Waals surface area contributed by atoms with Gasteiger partial charge in [0, 0.05) is 12.6 Å². The molecule has 0 N–H and O–H groups in total. The standard InChI is InChI=1S/C23H28N2O4S/c1-6-27-18-13-16(14-19(28-7-2)21(18)29-8-3)23(26)25(5)15(4)22-24-17-11-9-10-12-20(17)30-22/h9-15H,6-8H2,1-5H3/t15-/m0/s1. The lowest BCUT2D eigenvalue weighted by Gasteiger charge is -2.24. The molecule has 7 heteroatoms. The first-order chi connectivity index (χ1) is 14.5. The zero-order chi connectivity index (χ0) is 21.7. The molecule has 3 aromatic rings. The number of rotatable bonds is 9. The average molecular weight is 429 g/mol. The summed E-state index contributed by atoms with van der Waals surface area (Å²) in [6, 6.07) is 11.3. The minimum atomic E-state index is -0.174. The first-order valence-electron chi connectivity index (χ1n) is 10.2. The van der Waals surface area contributed by atoms with Crippen LogP contribution in [0.3, 0.4) is 0 Å². The Morgan fingerprint density at radius 1 is 1.03 bits per heavy atom. The van der Waals surface area contributed by atoms with Crippen molar-refractivity contribution in [2.24, 2.45) is 0 Å². The lowest BCUT2D eigenvalue weighted by molar-refractivity contribution is 0.0741. The number of fused-ring (bicyclic) bond motifs is 1. The molecular formula is C23H28N2O4S. The van der Waals surface area contributed by atoms with Gasteiger partial charge in [-0.25, -0.2) is 4.98 Å². The predicted octanol–water partition coefficient (Wildman–Crippen LogP) is 5.33. The maximum absolute atomic E-state index is 13.3. The number of amides is 1. The highest BCUT2D eigenvalue weighted by Gasteiger charge is 2.25. The molecule has 2 aromatic carbocycles. The monoisotopic (exact) mass is 428 g/mol. The zero-order valence-corrected chi connectivity index (χ0v) is 18.9. The second kappa shape index (κ2) is 9.80. The van der Waals surface area contributed by atoms with E-state index in [0.717, 1.165) is 15.2 Å². The number of hydrogen-bond donors (Lipinski definition) is 0. The van der Waals surface area contributed by atoms with Gasteiger partial charge in [0.15, 0.2) is 11.5 Å². The van der Waals surface area contributed by atoms with E-state index >= 15 is 0 Å². The molecule has 6 nitrogen and oxygen atoms in total. The van der Waals surface area contributed by atoms with Crippen LogP contribution in [0, 0.1) is 0 Å². The largest absolute Gasteiger partial charge is 0.490 e. The van der Waals surface area contributed by atoms with E-state index in [2.05, 4.69) is 0 Å². The van der Waals surface area contributed by atoms with Crippen molar-refractivity contribution in [3.8, 4) is 17.2 Å². The third-order valence-corrected chi connectivity index (χ3v) is 5.93. The molecule has 0 radical (unpaired) electrons. The number of ether oxygens (including phenoxy) is 3. The van der Waals surface area contributed by atoms with E-state index in [9.17, 15) is 4.79 Å². The van der Waals surface area contributed by atoms with Gasteiger partial charge in [-0.2, -0.15) is 0 Å². The summed E-state index contributed by atoms with van der Waals surface area (Å²) < 4.78 is 18.3. The van der Waals surface area contributed by atoms with E-state index < -0.39 is 0 Å². The van der Waals surface area contributed by atoms with E-state index in [0.29, 0.717) is 42.6 Å². The molecule has 0 fully saturated rings. The van der Waals surface area contributed by atoms with Gasteiger partial charge in [-0.3, -0.25) is 4.79 Å². The Balaban J connectivity index is 1.93. The summed E-state index contributed by atoms with van der Waals surface area (Å²) in [6.45, 7) is 9.07. The molecule has 1 aromatic heterocycles. The molecule has 0 aliphatic heterocycles. The molecule has 0 bridgehead atoms. The van der Waals surface area contributed by atoms with Crippen LogP contribution in [0.4, 0.5) is 0 Å². The first-order valence-corrected chi connectivity index (χ1v) is 11.0. The number of benzene rings is 2. The zero-order valence-electron chi connectivity index (χ0n) is 18.1. The van der Waals surface area contributed by atoms with Crippen molar-refractivity contribution in [3.05, 3.63) is 47.0 Å². The second-order valence-electron chi connectivity index (χ2n) is 6.71. The summed E-state index contributed by atoms with van der Waals surface area (Å²) in [7, 11) is 1.79. The summed E-state index contributed by atoms with van der Waals surface area (Å²) in [5, 5.41) is 0.896. The number of carbonyl (C=O) groups is 1. The van der Waals surface area contributed by atoms with Crippen molar-refractivity contribution in [2.45, 2.75) is 33.7 Å². The Bertz CT molecular complexity index is 957. The molecule has 1 heterocycles. The van der Waals surface area contributed by atoms with Gasteiger partial charge in [0.1, 0.15) is 5.01 Å². The van der Waals surface area contributed by atoms with Crippen LogP contribution in [-0.4, -0.2) is 42.7 Å². The predicted molar refractivity (Wildman–Crippen MR) is 120 cm³/mol. The lowest BCUT2D eigenvalue weighted by Crippen LogP contribution is -2.29. The van der Waals surface area contributed by atoms with Crippen LogP contribution in [-0.2, 0) is 0 Å². The highest BCUT2D eigenvalue weighted by molar-refractivity contribution is 7.18. The third-order valence-electron chi connectivity index (χ3n) is 4.73. The number of thiazole rings is 1. The molecule has 0 saturated carbocycles. The molecule has 160 valence electrons.